The predicted octanol–water partition coefficient (Wildman–Crippen LogP) is 7.34. The molecule has 150 valence electrons. The lowest BCUT2D eigenvalue weighted by Gasteiger charge is -2.20. The van der Waals surface area contributed by atoms with Gasteiger partial charge in [0.1, 0.15) is 11.2 Å². The van der Waals surface area contributed by atoms with Crippen molar-refractivity contribution >= 4 is 35.2 Å². The van der Waals surface area contributed by atoms with Crippen molar-refractivity contribution in [3.8, 4) is 11.3 Å². The summed E-state index contributed by atoms with van der Waals surface area (Å²) in [5, 5.41) is 3.93. The van der Waals surface area contributed by atoms with Crippen molar-refractivity contribution in [2.24, 2.45) is 5.92 Å². The number of fused-ring (bicyclic) bond motifs is 3. The summed E-state index contributed by atoms with van der Waals surface area (Å²) in [5.74, 6) is 1.17. The molecule has 4 aromatic rings. The highest BCUT2D eigenvalue weighted by Gasteiger charge is 2.24. The molecule has 0 aliphatic heterocycles. The van der Waals surface area contributed by atoms with E-state index < -0.39 is 8.07 Å². The van der Waals surface area contributed by atoms with Crippen LogP contribution in [0.2, 0.25) is 19.6 Å². The van der Waals surface area contributed by atoms with Crippen molar-refractivity contribution in [1.82, 2.24) is 4.98 Å². The molecule has 0 saturated heterocycles. The standard InChI is InChI=1S/C26H31NOSi/c1-7-19(17(2)3)18-12-14-22(27-16-18)20-13-15-24(29(4,5)6)25-21-10-8-9-11-23(21)28-26(20)25/h8-17,19H,7H2,1-6H3. The molecule has 0 aliphatic carbocycles. The topological polar surface area (TPSA) is 26.0 Å². The number of nitrogens with zero attached hydrogens (tertiary/aromatic N) is 1. The molecule has 0 spiro atoms. The van der Waals surface area contributed by atoms with Gasteiger partial charge in [0.2, 0.25) is 0 Å². The number of rotatable bonds is 5. The van der Waals surface area contributed by atoms with E-state index in [2.05, 4.69) is 89.1 Å². The molecule has 0 fully saturated rings. The monoisotopic (exact) mass is 401 g/mol. The minimum atomic E-state index is -1.52. The molecule has 2 aromatic heterocycles. The first kappa shape index (κ1) is 19.9. The van der Waals surface area contributed by atoms with Crippen LogP contribution in [0.15, 0.2) is 59.1 Å². The molecule has 1 unspecified atom stereocenters. The van der Waals surface area contributed by atoms with Gasteiger partial charge in [0.05, 0.1) is 13.8 Å². The number of para-hydroxylation sites is 1. The molecule has 29 heavy (non-hydrogen) atoms. The van der Waals surface area contributed by atoms with E-state index in [0.717, 1.165) is 28.8 Å². The molecule has 3 heteroatoms. The minimum absolute atomic E-state index is 0.553. The van der Waals surface area contributed by atoms with Crippen molar-refractivity contribution in [2.75, 3.05) is 0 Å². The van der Waals surface area contributed by atoms with Crippen molar-refractivity contribution in [1.29, 1.82) is 0 Å². The smallest absolute Gasteiger partial charge is 0.144 e. The van der Waals surface area contributed by atoms with Crippen LogP contribution >= 0.6 is 0 Å². The Labute approximate surface area is 175 Å². The third-order valence-electron chi connectivity index (χ3n) is 6.07. The molecule has 0 aliphatic rings. The van der Waals surface area contributed by atoms with Crippen LogP contribution in [0.5, 0.6) is 0 Å². The molecule has 1 atom stereocenters. The summed E-state index contributed by atoms with van der Waals surface area (Å²) < 4.78 is 6.39. The van der Waals surface area contributed by atoms with E-state index in [4.69, 9.17) is 9.40 Å². The van der Waals surface area contributed by atoms with E-state index in [1.165, 1.54) is 21.5 Å². The fourth-order valence-corrected chi connectivity index (χ4v) is 6.11. The van der Waals surface area contributed by atoms with Gasteiger partial charge >= 0.3 is 0 Å². The first-order chi connectivity index (χ1) is 13.8. The number of hydrogen-bond acceptors (Lipinski definition) is 2. The first-order valence-corrected chi connectivity index (χ1v) is 14.2. The maximum absolute atomic E-state index is 6.39. The zero-order valence-corrected chi connectivity index (χ0v) is 19.4. The average molecular weight is 402 g/mol. The zero-order valence-electron chi connectivity index (χ0n) is 18.4. The minimum Gasteiger partial charge on any atom is -0.455 e. The molecule has 0 amide bonds. The molecule has 2 heterocycles. The van der Waals surface area contributed by atoms with Gasteiger partial charge in [0.15, 0.2) is 0 Å². The van der Waals surface area contributed by atoms with E-state index >= 15 is 0 Å². The lowest BCUT2D eigenvalue weighted by Crippen LogP contribution is -2.37. The van der Waals surface area contributed by atoms with Crippen molar-refractivity contribution < 1.29 is 4.42 Å². The summed E-state index contributed by atoms with van der Waals surface area (Å²) in [5.41, 5.74) is 5.32. The Morgan fingerprint density at radius 1 is 0.966 bits per heavy atom. The summed E-state index contributed by atoms with van der Waals surface area (Å²) in [4.78, 5) is 4.86. The quantitative estimate of drug-likeness (QED) is 0.327. The van der Waals surface area contributed by atoms with E-state index in [0.29, 0.717) is 11.8 Å². The Morgan fingerprint density at radius 3 is 2.34 bits per heavy atom. The normalized spacial score (nSPS) is 13.5. The van der Waals surface area contributed by atoms with Crippen LogP contribution < -0.4 is 5.19 Å². The van der Waals surface area contributed by atoms with Crippen molar-refractivity contribution in [3.63, 3.8) is 0 Å². The van der Waals surface area contributed by atoms with Gasteiger partial charge in [0.25, 0.3) is 0 Å². The number of furan rings is 1. The third kappa shape index (κ3) is 3.53. The van der Waals surface area contributed by atoms with Gasteiger partial charge in [-0.05, 0) is 47.2 Å². The average Bonchev–Trinajstić information content (AvgIpc) is 3.07. The highest BCUT2D eigenvalue weighted by molar-refractivity contribution is 6.90. The molecule has 2 nitrogen and oxygen atoms in total. The summed E-state index contributed by atoms with van der Waals surface area (Å²) in [6.07, 6.45) is 3.20. The molecule has 0 bridgehead atoms. The Morgan fingerprint density at radius 2 is 1.72 bits per heavy atom. The molecule has 2 aromatic carbocycles. The van der Waals surface area contributed by atoms with Crippen LogP contribution in [0.1, 0.15) is 38.7 Å². The lowest BCUT2D eigenvalue weighted by atomic mass is 9.87. The Balaban J connectivity index is 1.91. The molecule has 0 saturated carbocycles. The number of benzene rings is 2. The van der Waals surface area contributed by atoms with Gasteiger partial charge in [0, 0.05) is 22.5 Å². The van der Waals surface area contributed by atoms with Crippen LogP contribution in [-0.2, 0) is 0 Å². The fraction of sp³-hybridized carbons (Fsp3) is 0.346. The van der Waals surface area contributed by atoms with Crippen LogP contribution in [0, 0.1) is 5.92 Å². The molecule has 0 radical (unpaired) electrons. The number of hydrogen-bond donors (Lipinski definition) is 0. The summed E-state index contributed by atoms with van der Waals surface area (Å²) in [7, 11) is -1.52. The van der Waals surface area contributed by atoms with Gasteiger partial charge in [-0.3, -0.25) is 4.98 Å². The van der Waals surface area contributed by atoms with Crippen LogP contribution in [0.4, 0.5) is 0 Å². The van der Waals surface area contributed by atoms with Crippen molar-refractivity contribution in [2.45, 2.75) is 52.8 Å². The Kier molecular flexibility index (Phi) is 5.12. The van der Waals surface area contributed by atoms with Gasteiger partial charge in [-0.1, -0.05) is 70.7 Å². The molecule has 0 N–H and O–H groups in total. The highest BCUT2D eigenvalue weighted by atomic mass is 28.3. The summed E-state index contributed by atoms with van der Waals surface area (Å²) in [6.45, 7) is 14.0. The van der Waals surface area contributed by atoms with Gasteiger partial charge < -0.3 is 4.42 Å². The summed E-state index contributed by atoms with van der Waals surface area (Å²) >= 11 is 0. The van der Waals surface area contributed by atoms with E-state index in [-0.39, 0.29) is 0 Å². The maximum Gasteiger partial charge on any atom is 0.144 e. The summed E-state index contributed by atoms with van der Waals surface area (Å²) in [6, 6.07) is 17.3. The molecular formula is C26H31NOSi. The fourth-order valence-electron chi connectivity index (χ4n) is 4.53. The maximum atomic E-state index is 6.39. The second-order valence-electron chi connectivity index (χ2n) is 9.45. The van der Waals surface area contributed by atoms with Crippen LogP contribution in [-0.4, -0.2) is 13.1 Å². The van der Waals surface area contributed by atoms with Crippen LogP contribution in [0.3, 0.4) is 0 Å². The number of pyridine rings is 1. The molecular weight excluding hydrogens is 370 g/mol. The number of aromatic nitrogens is 1. The van der Waals surface area contributed by atoms with Gasteiger partial charge in [-0.15, -0.1) is 0 Å². The van der Waals surface area contributed by atoms with Crippen LogP contribution in [0.25, 0.3) is 33.2 Å². The van der Waals surface area contributed by atoms with Gasteiger partial charge in [-0.2, -0.15) is 0 Å². The molecule has 4 rings (SSSR count). The van der Waals surface area contributed by atoms with E-state index in [9.17, 15) is 0 Å². The first-order valence-electron chi connectivity index (χ1n) is 10.7. The Hall–Kier alpha value is -2.39. The second-order valence-corrected chi connectivity index (χ2v) is 14.5. The second kappa shape index (κ2) is 7.45. The largest absolute Gasteiger partial charge is 0.455 e. The van der Waals surface area contributed by atoms with Gasteiger partial charge in [-0.25, -0.2) is 0 Å². The predicted molar refractivity (Wildman–Crippen MR) is 128 cm³/mol. The van der Waals surface area contributed by atoms with E-state index in [1.54, 1.807) is 0 Å². The highest BCUT2D eigenvalue weighted by Crippen LogP contribution is 2.36. The Bertz CT molecular complexity index is 1150. The third-order valence-corrected chi connectivity index (χ3v) is 8.10. The lowest BCUT2D eigenvalue weighted by molar-refractivity contribution is 0.484. The SMILES string of the molecule is CCC(c1ccc(-c2ccc([Si](C)(C)C)c3c2oc2ccccc23)nc1)C(C)C. The zero-order chi connectivity index (χ0) is 20.8. The van der Waals surface area contributed by atoms with E-state index in [1.807, 2.05) is 6.07 Å². The van der Waals surface area contributed by atoms with Crippen molar-refractivity contribution in [3.05, 3.63) is 60.3 Å².